The summed E-state index contributed by atoms with van der Waals surface area (Å²) in [6.07, 6.45) is -9.72. The number of aliphatic hydroxyl groups excluding tert-OH is 1. The number of aromatic hydroxyl groups is 1. The van der Waals surface area contributed by atoms with Gasteiger partial charge in [-0.25, -0.2) is 46.6 Å². The highest BCUT2D eigenvalue weighted by Crippen LogP contribution is 2.43. The number of hydrogen-bond acceptors (Lipinski definition) is 14. The van der Waals surface area contributed by atoms with E-state index < -0.39 is 94.7 Å². The summed E-state index contributed by atoms with van der Waals surface area (Å²) in [5.74, 6) is 6.32. The number of sulfonamides is 4. The highest BCUT2D eigenvalue weighted by molar-refractivity contribution is 7.99. The minimum absolute atomic E-state index is 0.0160. The third kappa shape index (κ3) is 47.3. The molecule has 0 aromatic heterocycles. The molecule has 3 N–H and O–H groups in total. The van der Waals surface area contributed by atoms with Gasteiger partial charge in [0.05, 0.1) is 28.2 Å². The van der Waals surface area contributed by atoms with Gasteiger partial charge in [-0.05, 0) is 149 Å². The molecule has 738 valence electrons. The lowest BCUT2D eigenvalue weighted by atomic mass is 9.77. The molecule has 4 aliphatic heterocycles. The van der Waals surface area contributed by atoms with Gasteiger partial charge >= 0.3 is 12.4 Å². The Morgan fingerprint density at radius 1 is 0.465 bits per heavy atom. The number of phenols is 1. The van der Waals surface area contributed by atoms with Crippen molar-refractivity contribution in [2.75, 3.05) is 90.8 Å². The zero-order valence-electron chi connectivity index (χ0n) is 84.2. The van der Waals surface area contributed by atoms with Gasteiger partial charge in [0.2, 0.25) is 40.1 Å². The van der Waals surface area contributed by atoms with Crippen molar-refractivity contribution >= 4 is 71.4 Å². The summed E-state index contributed by atoms with van der Waals surface area (Å²) in [6, 6.07) is 42.6. The number of halogens is 6. The molecular formula is C95H166F6N6O14S6. The SMILES string of the molecule is C=S1(=O)Cc2ccc(C(C)(C)C)cc2C1.CC.CC(C)(C)C(C)(O)C(F)(F)F.CC(C)(C)C(O)C(F)(F)F.CC(C)(C)CN1CCCS1(=O)=O.CC(C)(C)CN1c2ccccc2CS1(=O)=O.CC(C)(C)c1ccccc1.CC(C)(C)c1ccccc1.CC(C)(C)c1ccccc1O.CC(C)S(=O)(=O)N(C)C.CN(C)S(=O)(=O)N(C)CC(C)(C)C.CN1CCCS1(=O)=O. The van der Waals surface area contributed by atoms with E-state index >= 15 is 0 Å². The van der Waals surface area contributed by atoms with Gasteiger partial charge in [-0.2, -0.15) is 43.4 Å². The quantitative estimate of drug-likeness (QED) is 0.101. The van der Waals surface area contributed by atoms with Crippen molar-refractivity contribution in [1.29, 1.82) is 0 Å². The molecule has 9 rings (SSSR count). The maximum absolute atomic E-state index is 12.1. The largest absolute Gasteiger partial charge is 0.508 e. The Morgan fingerprint density at radius 2 is 0.858 bits per heavy atom. The van der Waals surface area contributed by atoms with Crippen molar-refractivity contribution in [2.45, 2.75) is 303 Å². The summed E-state index contributed by atoms with van der Waals surface area (Å²) in [5, 5.41) is 26.8. The van der Waals surface area contributed by atoms with Crippen LogP contribution < -0.4 is 4.31 Å². The molecule has 20 nitrogen and oxygen atoms in total. The summed E-state index contributed by atoms with van der Waals surface area (Å²) < 4.78 is 205. The molecule has 5 aromatic carbocycles. The zero-order chi connectivity index (χ0) is 101. The Labute approximate surface area is 768 Å². The van der Waals surface area contributed by atoms with Crippen LogP contribution in [-0.2, 0) is 98.7 Å². The van der Waals surface area contributed by atoms with Crippen LogP contribution in [0.5, 0.6) is 5.75 Å². The average Bonchev–Trinajstić information content (AvgIpc) is 1.66. The molecule has 0 bridgehead atoms. The van der Waals surface area contributed by atoms with Crippen molar-refractivity contribution < 1.29 is 88.0 Å². The van der Waals surface area contributed by atoms with E-state index in [4.69, 9.17) is 10.2 Å². The van der Waals surface area contributed by atoms with Crippen molar-refractivity contribution in [3.8, 4) is 5.75 Å². The van der Waals surface area contributed by atoms with Gasteiger partial charge in [0, 0.05) is 86.5 Å². The molecule has 2 saturated heterocycles. The molecule has 32 heteroatoms. The summed E-state index contributed by atoms with van der Waals surface area (Å²) in [4.78, 5) is 0. The van der Waals surface area contributed by atoms with Crippen molar-refractivity contribution in [3.05, 3.63) is 166 Å². The third-order valence-corrected chi connectivity index (χ3v) is 30.7. The Bertz CT molecular complexity index is 4700. The summed E-state index contributed by atoms with van der Waals surface area (Å²) in [6.45, 7) is 63.8. The summed E-state index contributed by atoms with van der Waals surface area (Å²) in [7, 11) is -7.56. The first-order valence-electron chi connectivity index (χ1n) is 42.8. The van der Waals surface area contributed by atoms with E-state index in [1.54, 1.807) is 42.6 Å². The molecule has 0 radical (unpaired) electrons. The van der Waals surface area contributed by atoms with Crippen LogP contribution in [-0.4, -0.2) is 205 Å². The van der Waals surface area contributed by atoms with Crippen LogP contribution in [0.2, 0.25) is 0 Å². The number of benzene rings is 5. The van der Waals surface area contributed by atoms with E-state index in [1.165, 1.54) is 115 Å². The molecule has 3 atom stereocenters. The average molecular weight is 1920 g/mol. The van der Waals surface area contributed by atoms with E-state index in [1.807, 2.05) is 97.9 Å². The monoisotopic (exact) mass is 1920 g/mol. The first-order chi connectivity index (χ1) is 56.4. The molecule has 4 heterocycles. The van der Waals surface area contributed by atoms with Crippen molar-refractivity contribution in [2.24, 2.45) is 27.1 Å². The molecule has 0 spiro atoms. The zero-order valence-corrected chi connectivity index (χ0v) is 89.1. The van der Waals surface area contributed by atoms with Crippen molar-refractivity contribution in [3.63, 3.8) is 0 Å². The van der Waals surface area contributed by atoms with E-state index in [-0.39, 0.29) is 38.1 Å². The van der Waals surface area contributed by atoms with Gasteiger partial charge in [0.15, 0.2) is 11.7 Å². The van der Waals surface area contributed by atoms with E-state index in [9.17, 15) is 77.7 Å². The highest BCUT2D eigenvalue weighted by atomic mass is 32.2. The van der Waals surface area contributed by atoms with Crippen LogP contribution in [0.4, 0.5) is 32.0 Å². The summed E-state index contributed by atoms with van der Waals surface area (Å²) in [5.41, 5.74) is 5.19. The van der Waals surface area contributed by atoms with E-state index in [2.05, 4.69) is 189 Å². The topological polar surface area (TPSA) is 268 Å². The van der Waals surface area contributed by atoms with E-state index in [0.29, 0.717) is 72.3 Å². The standard InChI is InChI=1S/C13H18OS.C12H17NO2S.C10H14O.2C10H14.C8H20N2O2S.C8H17NO2S.C7H13F3O.C6H11F3O.C5H13NO2S.C4H9NO2S.C2H6/c1-13(2,3)12-6-5-10-8-15(4,14)9-11(10)7-12;1-12(2,3)9-13-11-7-5-4-6-10(11)8-16(13,14)15;1-10(2,3)8-6-4-5-7-9(8)11;2*1-10(2,3)9-7-5-4-6-8-9;1-8(2,3)7-10(6)13(11,12)9(4)5;1-8(2,3)7-9-5-4-6-12(9,10)11;1-5(2,3)6(4,11)7(8,9)10;1-5(2,3)4(10)6(7,8)9;1-5(2)9(7,8)6(3)4;1-5-3-2-4-8(5,6)7;1-2/h5-7H,4,8-9H2,1-3H3;4-7H,8-9H2,1-3H3;4-7,11H,1-3H3;2*4-8H,1-3H3;7H2,1-6H3;4-7H2,1-3H3;11H,1-4H3;4,10H,1-3H3;5H,1-4H3;2-4H2,1H3;1-2H3. The van der Waals surface area contributed by atoms with Crippen LogP contribution in [0.1, 0.15) is 273 Å². The first-order valence-corrected chi connectivity index (χ1v) is 52.6. The van der Waals surface area contributed by atoms with E-state index in [0.717, 1.165) is 36.6 Å². The lowest BCUT2D eigenvalue weighted by Crippen LogP contribution is -2.52. The van der Waals surface area contributed by atoms with Crippen LogP contribution in [0, 0.1) is 27.1 Å². The number of alkyl halides is 6. The predicted molar refractivity (Wildman–Crippen MR) is 523 cm³/mol. The van der Waals surface area contributed by atoms with Crippen molar-refractivity contribution in [1.82, 2.24) is 21.5 Å². The van der Waals surface area contributed by atoms with Crippen LogP contribution in [0.15, 0.2) is 127 Å². The fourth-order valence-electron chi connectivity index (χ4n) is 11.4. The second-order valence-corrected chi connectivity index (χ2v) is 56.2. The second-order valence-electron chi connectivity index (χ2n) is 42.6. The lowest BCUT2D eigenvalue weighted by Gasteiger charge is -2.38. The van der Waals surface area contributed by atoms with Gasteiger partial charge < -0.3 is 15.3 Å². The Hall–Kier alpha value is -5.23. The normalized spacial score (nSPS) is 17.7. The molecule has 127 heavy (non-hydrogen) atoms. The number of anilines is 1. The van der Waals surface area contributed by atoms with Crippen LogP contribution in [0.3, 0.4) is 0 Å². The maximum atomic E-state index is 12.1. The second kappa shape index (κ2) is 49.7. The Morgan fingerprint density at radius 3 is 1.13 bits per heavy atom. The Kier molecular flexibility index (Phi) is 49.2. The number of hydrogen-bond donors (Lipinski definition) is 3. The Balaban J connectivity index is -0.00000134. The van der Waals surface area contributed by atoms with Crippen LogP contribution >= 0.6 is 0 Å². The van der Waals surface area contributed by atoms with Gasteiger partial charge in [0.25, 0.3) is 10.2 Å². The van der Waals surface area contributed by atoms with Crippen LogP contribution in [0.25, 0.3) is 0 Å². The molecule has 0 saturated carbocycles. The minimum atomic E-state index is -4.56. The molecule has 3 unspecified atom stereocenters. The molecule has 4 aliphatic rings. The number of aliphatic hydroxyl groups is 2. The molecule has 0 amide bonds. The third-order valence-electron chi connectivity index (χ3n) is 19.5. The fourth-order valence-corrected chi connectivity index (χ4v) is 20.0. The minimum Gasteiger partial charge on any atom is -0.508 e. The van der Waals surface area contributed by atoms with Gasteiger partial charge in [0.1, 0.15) is 5.75 Å². The maximum Gasteiger partial charge on any atom is 0.417 e. The first kappa shape index (κ1) is 126. The predicted octanol–water partition coefficient (Wildman–Crippen LogP) is 20.9. The smallest absolute Gasteiger partial charge is 0.417 e. The van der Waals surface area contributed by atoms with Gasteiger partial charge in [-0.3, -0.25) is 8.51 Å². The molecule has 2 fully saturated rings. The number of fused-ring (bicyclic) bond motifs is 2. The fraction of sp³-hybridized carbons (Fsp3) is 0.674. The number of nitrogens with zero attached hydrogens (tertiary/aromatic N) is 6. The number of rotatable bonds is 7. The lowest BCUT2D eigenvalue weighted by molar-refractivity contribution is -0.286. The number of para-hydroxylation sites is 2. The molecule has 0 aliphatic carbocycles. The molecule has 5 aromatic rings. The van der Waals surface area contributed by atoms with Gasteiger partial charge in [-0.1, -0.05) is 316 Å². The number of phenolic OH excluding ortho intramolecular Hbond substituents is 1. The van der Waals surface area contributed by atoms with Gasteiger partial charge in [-0.15, -0.1) is 0 Å². The highest BCUT2D eigenvalue weighted by Gasteiger charge is 2.57. The summed E-state index contributed by atoms with van der Waals surface area (Å²) >= 11 is 0. The molecular weight excluding hydrogens is 1760 g/mol.